The molecule has 0 saturated heterocycles. The molecule has 0 aromatic heterocycles. The minimum Gasteiger partial charge on any atom is -0.493 e. The van der Waals surface area contributed by atoms with Crippen molar-refractivity contribution in [2.45, 2.75) is 0 Å². The Morgan fingerprint density at radius 2 is 1.45 bits per heavy atom. The van der Waals surface area contributed by atoms with E-state index in [1.165, 1.54) is 24.3 Å². The number of carbonyl (C=O) groups is 3. The van der Waals surface area contributed by atoms with E-state index in [4.69, 9.17) is 26.1 Å². The van der Waals surface area contributed by atoms with Crippen molar-refractivity contribution in [1.82, 2.24) is 0 Å². The highest BCUT2D eigenvalue weighted by molar-refractivity contribution is 6.30. The SMILES string of the molecule is [N-]=[N+]=NCCOc1cccc2c1C(=O)c1c(OCCN=[N+]=[N-])cc(C(=O)N=[N+]=[N-])cc1C2=O. The molecule has 14 nitrogen and oxygen atoms in total. The van der Waals surface area contributed by atoms with Gasteiger partial charge in [0.15, 0.2) is 5.78 Å². The summed E-state index contributed by atoms with van der Waals surface area (Å²) >= 11 is 0. The molecular formula is C19H13N9O5. The molecular weight excluding hydrogens is 434 g/mol. The Morgan fingerprint density at radius 1 is 0.818 bits per heavy atom. The summed E-state index contributed by atoms with van der Waals surface area (Å²) in [5, 5.41) is 9.71. The smallest absolute Gasteiger partial charge is 0.249 e. The van der Waals surface area contributed by atoms with Gasteiger partial charge in [-0.3, -0.25) is 14.4 Å². The van der Waals surface area contributed by atoms with Crippen molar-refractivity contribution in [3.8, 4) is 11.5 Å². The Morgan fingerprint density at radius 3 is 2.09 bits per heavy atom. The van der Waals surface area contributed by atoms with Crippen molar-refractivity contribution in [3.63, 3.8) is 0 Å². The van der Waals surface area contributed by atoms with Gasteiger partial charge in [-0.05, 0) is 39.9 Å². The molecule has 0 saturated carbocycles. The Labute approximate surface area is 184 Å². The monoisotopic (exact) mass is 447 g/mol. The summed E-state index contributed by atoms with van der Waals surface area (Å²) in [6.07, 6.45) is 0. The number of benzene rings is 2. The van der Waals surface area contributed by atoms with Crippen LogP contribution >= 0.6 is 0 Å². The zero-order valence-electron chi connectivity index (χ0n) is 16.8. The summed E-state index contributed by atoms with van der Waals surface area (Å²) in [6.45, 7) is -0.234. The van der Waals surface area contributed by atoms with Crippen LogP contribution in [0.5, 0.6) is 11.5 Å². The van der Waals surface area contributed by atoms with Crippen LogP contribution in [0.15, 0.2) is 45.7 Å². The van der Waals surface area contributed by atoms with Crippen LogP contribution in [0.2, 0.25) is 0 Å². The van der Waals surface area contributed by atoms with Gasteiger partial charge in [-0.1, -0.05) is 22.4 Å². The van der Waals surface area contributed by atoms with Gasteiger partial charge in [-0.25, -0.2) is 0 Å². The van der Waals surface area contributed by atoms with Crippen LogP contribution in [0.1, 0.15) is 42.2 Å². The van der Waals surface area contributed by atoms with Gasteiger partial charge in [0, 0.05) is 31.4 Å². The molecule has 2 aromatic carbocycles. The lowest BCUT2D eigenvalue weighted by atomic mass is 9.82. The first-order valence-electron chi connectivity index (χ1n) is 9.30. The molecule has 0 N–H and O–H groups in total. The number of amides is 1. The minimum atomic E-state index is -0.971. The van der Waals surface area contributed by atoms with E-state index in [0.717, 1.165) is 6.07 Å². The first kappa shape index (κ1) is 22.7. The Kier molecular flexibility index (Phi) is 7.10. The van der Waals surface area contributed by atoms with Crippen molar-refractivity contribution in [1.29, 1.82) is 0 Å². The zero-order valence-corrected chi connectivity index (χ0v) is 16.8. The molecule has 3 rings (SSSR count). The van der Waals surface area contributed by atoms with E-state index in [2.05, 4.69) is 30.1 Å². The summed E-state index contributed by atoms with van der Waals surface area (Å²) in [7, 11) is 0. The van der Waals surface area contributed by atoms with Crippen molar-refractivity contribution in [3.05, 3.63) is 89.5 Å². The molecule has 2 aromatic rings. The number of ether oxygens (including phenoxy) is 2. The molecule has 1 amide bonds. The topological polar surface area (TPSA) is 216 Å². The second-order valence-corrected chi connectivity index (χ2v) is 6.33. The quantitative estimate of drug-likeness (QED) is 0.202. The van der Waals surface area contributed by atoms with E-state index in [0.29, 0.717) is 0 Å². The van der Waals surface area contributed by atoms with Crippen molar-refractivity contribution in [2.75, 3.05) is 26.3 Å². The average Bonchev–Trinajstić information content (AvgIpc) is 2.82. The highest BCUT2D eigenvalue weighted by atomic mass is 16.5. The number of rotatable bonds is 9. The Hall–Kier alpha value is -5.02. The van der Waals surface area contributed by atoms with E-state index in [9.17, 15) is 14.4 Å². The van der Waals surface area contributed by atoms with E-state index < -0.39 is 17.5 Å². The van der Waals surface area contributed by atoms with Gasteiger partial charge in [-0.2, -0.15) is 0 Å². The predicted molar refractivity (Wildman–Crippen MR) is 112 cm³/mol. The van der Waals surface area contributed by atoms with E-state index in [1.807, 2.05) is 0 Å². The Bertz CT molecular complexity index is 1300. The molecule has 1 aliphatic carbocycles. The Balaban J connectivity index is 2.12. The lowest BCUT2D eigenvalue weighted by Gasteiger charge is -2.23. The molecule has 33 heavy (non-hydrogen) atoms. The summed E-state index contributed by atoms with van der Waals surface area (Å²) in [5.41, 5.74) is 25.0. The molecule has 0 unspecified atom stereocenters. The molecule has 0 atom stereocenters. The lowest BCUT2D eigenvalue weighted by molar-refractivity contribution is 0.0969. The molecule has 0 fully saturated rings. The highest BCUT2D eigenvalue weighted by Gasteiger charge is 2.36. The summed E-state index contributed by atoms with van der Waals surface area (Å²) < 4.78 is 11.1. The predicted octanol–water partition coefficient (Wildman–Crippen LogP) is 4.29. The highest BCUT2D eigenvalue weighted by Crippen LogP contribution is 2.38. The van der Waals surface area contributed by atoms with Gasteiger partial charge in [0.05, 0.1) is 37.4 Å². The summed E-state index contributed by atoms with van der Waals surface area (Å²) in [4.78, 5) is 46.5. The number of fused-ring (bicyclic) bond motifs is 2. The first-order chi connectivity index (χ1) is 16.0. The third-order valence-corrected chi connectivity index (χ3v) is 4.48. The van der Waals surface area contributed by atoms with Crippen molar-refractivity contribution < 1.29 is 23.9 Å². The standard InChI is InChI=1S/C19H13N9O5/c20-26-23-4-6-32-13-3-1-2-11-15(13)18(30)16-12(17(11)29)8-10(19(31)25-28-22)9-14(16)33-7-5-24-27-21/h1-3,8-9H,4-7H2. The molecule has 0 bridgehead atoms. The molecule has 14 heteroatoms. The maximum Gasteiger partial charge on any atom is 0.249 e. The maximum absolute atomic E-state index is 13.4. The number of azide groups is 3. The summed E-state index contributed by atoms with van der Waals surface area (Å²) in [6, 6.07) is 6.78. The van der Waals surface area contributed by atoms with Crippen LogP contribution in [-0.2, 0) is 0 Å². The number of hydrogen-bond acceptors (Lipinski definition) is 7. The van der Waals surface area contributed by atoms with E-state index in [1.54, 1.807) is 0 Å². The van der Waals surface area contributed by atoms with E-state index >= 15 is 0 Å². The molecule has 0 spiro atoms. The van der Waals surface area contributed by atoms with Crippen molar-refractivity contribution in [2.24, 2.45) is 15.3 Å². The van der Waals surface area contributed by atoms with Crippen LogP contribution < -0.4 is 9.47 Å². The zero-order chi connectivity index (χ0) is 23.8. The fourth-order valence-electron chi connectivity index (χ4n) is 3.19. The van der Waals surface area contributed by atoms with Crippen LogP contribution in [-0.4, -0.2) is 43.8 Å². The van der Waals surface area contributed by atoms with Crippen molar-refractivity contribution >= 4 is 17.5 Å². The van der Waals surface area contributed by atoms with Gasteiger partial charge in [-0.15, -0.1) is 0 Å². The van der Waals surface area contributed by atoms with Crippen LogP contribution in [0.4, 0.5) is 0 Å². The molecule has 164 valence electrons. The van der Waals surface area contributed by atoms with Crippen LogP contribution in [0.25, 0.3) is 31.3 Å². The van der Waals surface area contributed by atoms with E-state index in [-0.39, 0.29) is 65.6 Å². The number of carbonyl (C=O) groups excluding carboxylic acids is 3. The van der Waals surface area contributed by atoms with Gasteiger partial charge in [0.1, 0.15) is 11.5 Å². The first-order valence-corrected chi connectivity index (χ1v) is 9.30. The fourth-order valence-corrected chi connectivity index (χ4v) is 3.19. The van der Waals surface area contributed by atoms with Gasteiger partial charge >= 0.3 is 0 Å². The van der Waals surface area contributed by atoms with Crippen LogP contribution in [0, 0.1) is 0 Å². The number of hydrogen-bond donors (Lipinski definition) is 0. The molecule has 0 radical (unpaired) electrons. The fraction of sp³-hybridized carbons (Fsp3) is 0.211. The van der Waals surface area contributed by atoms with Gasteiger partial charge in [0.2, 0.25) is 11.7 Å². The minimum absolute atomic E-state index is 0.00930. The molecule has 0 heterocycles. The maximum atomic E-state index is 13.4. The normalized spacial score (nSPS) is 11.2. The van der Waals surface area contributed by atoms with Crippen LogP contribution in [0.3, 0.4) is 0 Å². The second-order valence-electron chi connectivity index (χ2n) is 6.33. The number of nitrogens with zero attached hydrogens (tertiary/aromatic N) is 9. The third-order valence-electron chi connectivity index (χ3n) is 4.48. The number of ketones is 2. The van der Waals surface area contributed by atoms with Gasteiger partial charge in [0.25, 0.3) is 0 Å². The molecule has 0 aliphatic heterocycles. The average molecular weight is 447 g/mol. The largest absolute Gasteiger partial charge is 0.493 e. The second kappa shape index (κ2) is 10.3. The summed E-state index contributed by atoms with van der Waals surface area (Å²) in [5.74, 6) is -2.15. The lowest BCUT2D eigenvalue weighted by Crippen LogP contribution is -2.24. The molecule has 1 aliphatic rings. The third kappa shape index (κ3) is 4.68. The van der Waals surface area contributed by atoms with Gasteiger partial charge < -0.3 is 9.47 Å².